The number of carbonyl (C=O) groups excluding carboxylic acids is 2. The first kappa shape index (κ1) is 15.6. The first-order valence-corrected chi connectivity index (χ1v) is 9.03. The lowest BCUT2D eigenvalue weighted by molar-refractivity contribution is -0.149. The lowest BCUT2D eigenvalue weighted by Crippen LogP contribution is -2.56. The number of rotatable bonds is 5. The topological polar surface area (TPSA) is 53.5 Å². The molecule has 2 saturated carbocycles. The Kier molecular flexibility index (Phi) is 3.82. The summed E-state index contributed by atoms with van der Waals surface area (Å²) < 4.78 is 0. The number of pyridine rings is 1. The second kappa shape index (κ2) is 5.87. The summed E-state index contributed by atoms with van der Waals surface area (Å²) in [5.74, 6) is 0.710. The summed E-state index contributed by atoms with van der Waals surface area (Å²) >= 11 is 0. The molecule has 2 amide bonds. The van der Waals surface area contributed by atoms with Crippen LogP contribution in [0.15, 0.2) is 24.4 Å². The van der Waals surface area contributed by atoms with E-state index in [1.807, 2.05) is 30.1 Å². The minimum atomic E-state index is -0.0150. The molecule has 2 heterocycles. The summed E-state index contributed by atoms with van der Waals surface area (Å²) in [6.07, 6.45) is 7.38. The van der Waals surface area contributed by atoms with Gasteiger partial charge in [-0.25, -0.2) is 0 Å². The van der Waals surface area contributed by atoms with Crippen LogP contribution in [0.5, 0.6) is 0 Å². The molecule has 3 fully saturated rings. The molecule has 2 aliphatic carbocycles. The quantitative estimate of drug-likeness (QED) is 0.828. The molecule has 128 valence electrons. The molecule has 4 rings (SSSR count). The molecule has 0 aromatic carbocycles. The summed E-state index contributed by atoms with van der Waals surface area (Å²) in [5.41, 5.74) is 1.38. The van der Waals surface area contributed by atoms with Gasteiger partial charge in [0, 0.05) is 50.9 Å². The summed E-state index contributed by atoms with van der Waals surface area (Å²) in [7, 11) is 1.85. The highest BCUT2D eigenvalue weighted by Crippen LogP contribution is 2.66. The molecule has 1 atom stereocenters. The van der Waals surface area contributed by atoms with Crippen molar-refractivity contribution in [3.05, 3.63) is 30.1 Å². The van der Waals surface area contributed by atoms with Crippen LogP contribution in [-0.2, 0) is 16.0 Å². The van der Waals surface area contributed by atoms with Crippen LogP contribution in [0.25, 0.3) is 0 Å². The second-order valence-electron chi connectivity index (χ2n) is 7.74. The zero-order chi connectivity index (χ0) is 16.7. The van der Waals surface area contributed by atoms with Crippen molar-refractivity contribution >= 4 is 11.8 Å². The summed E-state index contributed by atoms with van der Waals surface area (Å²) in [5, 5.41) is 0. The van der Waals surface area contributed by atoms with Crippen LogP contribution in [0.1, 0.15) is 31.4 Å². The van der Waals surface area contributed by atoms with Crippen LogP contribution in [0, 0.1) is 17.3 Å². The van der Waals surface area contributed by atoms with Gasteiger partial charge in [0.15, 0.2) is 0 Å². The maximum absolute atomic E-state index is 12.5. The van der Waals surface area contributed by atoms with Gasteiger partial charge in [-0.15, -0.1) is 0 Å². The number of nitrogens with zero attached hydrogens (tertiary/aromatic N) is 3. The Morgan fingerprint density at radius 3 is 2.71 bits per heavy atom. The van der Waals surface area contributed by atoms with Crippen LogP contribution in [-0.4, -0.2) is 53.3 Å². The van der Waals surface area contributed by atoms with Gasteiger partial charge in [0.2, 0.25) is 11.8 Å². The van der Waals surface area contributed by atoms with E-state index in [0.29, 0.717) is 31.0 Å². The number of aromatic nitrogens is 1. The molecule has 0 radical (unpaired) electrons. The third-order valence-electron chi connectivity index (χ3n) is 6.19. The Bertz CT molecular complexity index is 635. The molecule has 0 N–H and O–H groups in total. The van der Waals surface area contributed by atoms with Crippen molar-refractivity contribution in [1.82, 2.24) is 14.8 Å². The van der Waals surface area contributed by atoms with Crippen molar-refractivity contribution in [1.29, 1.82) is 0 Å². The lowest BCUT2D eigenvalue weighted by atomic mass is 9.79. The average molecular weight is 327 g/mol. The SMILES string of the molecule is CN(CCc1ccccn1)C(=O)C1CN(C(=O)C2CC23CCC3)C1. The van der Waals surface area contributed by atoms with E-state index in [9.17, 15) is 9.59 Å². The molecule has 1 unspecified atom stereocenters. The molecular weight excluding hydrogens is 302 g/mol. The zero-order valence-electron chi connectivity index (χ0n) is 14.3. The summed E-state index contributed by atoms with van der Waals surface area (Å²) in [6, 6.07) is 5.84. The van der Waals surface area contributed by atoms with E-state index in [1.54, 1.807) is 11.1 Å². The number of likely N-dealkylation sites (tertiary alicyclic amines) is 1. The number of hydrogen-bond donors (Lipinski definition) is 0. The van der Waals surface area contributed by atoms with Crippen molar-refractivity contribution in [3.8, 4) is 0 Å². The van der Waals surface area contributed by atoms with E-state index >= 15 is 0 Å². The summed E-state index contributed by atoms with van der Waals surface area (Å²) in [4.78, 5) is 32.9. The highest BCUT2D eigenvalue weighted by molar-refractivity contribution is 5.87. The van der Waals surface area contributed by atoms with E-state index in [1.165, 1.54) is 19.3 Å². The molecule has 24 heavy (non-hydrogen) atoms. The Labute approximate surface area is 143 Å². The van der Waals surface area contributed by atoms with Gasteiger partial charge in [-0.3, -0.25) is 14.6 Å². The lowest BCUT2D eigenvalue weighted by Gasteiger charge is -2.41. The first-order chi connectivity index (χ1) is 11.6. The monoisotopic (exact) mass is 327 g/mol. The minimum Gasteiger partial charge on any atom is -0.345 e. The van der Waals surface area contributed by atoms with Crippen LogP contribution in [0.3, 0.4) is 0 Å². The van der Waals surface area contributed by atoms with Gasteiger partial charge in [0.05, 0.1) is 5.92 Å². The standard InChI is InChI=1S/C19H25N3O2/c1-21(10-6-15-5-2-3-9-20-15)17(23)14-12-22(13-14)18(24)16-11-19(16)7-4-8-19/h2-3,5,9,14,16H,4,6-8,10-13H2,1H3. The molecule has 1 saturated heterocycles. The second-order valence-corrected chi connectivity index (χ2v) is 7.74. The van der Waals surface area contributed by atoms with Crippen LogP contribution >= 0.6 is 0 Å². The van der Waals surface area contributed by atoms with E-state index in [0.717, 1.165) is 18.5 Å². The zero-order valence-corrected chi connectivity index (χ0v) is 14.3. The third kappa shape index (κ3) is 2.70. The molecule has 5 nitrogen and oxygen atoms in total. The largest absolute Gasteiger partial charge is 0.345 e. The van der Waals surface area contributed by atoms with Crippen molar-refractivity contribution in [3.63, 3.8) is 0 Å². The van der Waals surface area contributed by atoms with Gasteiger partial charge in [-0.2, -0.15) is 0 Å². The van der Waals surface area contributed by atoms with E-state index in [2.05, 4.69) is 4.98 Å². The van der Waals surface area contributed by atoms with Gasteiger partial charge in [-0.05, 0) is 36.8 Å². The van der Waals surface area contributed by atoms with Gasteiger partial charge < -0.3 is 9.80 Å². The fourth-order valence-corrected chi connectivity index (χ4v) is 4.17. The molecular formula is C19H25N3O2. The number of amides is 2. The van der Waals surface area contributed by atoms with Gasteiger partial charge in [0.25, 0.3) is 0 Å². The van der Waals surface area contributed by atoms with Crippen molar-refractivity contribution in [2.75, 3.05) is 26.7 Å². The molecule has 1 aromatic rings. The van der Waals surface area contributed by atoms with Crippen molar-refractivity contribution < 1.29 is 9.59 Å². The highest BCUT2D eigenvalue weighted by atomic mass is 16.2. The molecule has 1 aromatic heterocycles. The Hall–Kier alpha value is -1.91. The maximum atomic E-state index is 12.5. The number of hydrogen-bond acceptors (Lipinski definition) is 3. The van der Waals surface area contributed by atoms with Crippen molar-refractivity contribution in [2.24, 2.45) is 17.3 Å². The van der Waals surface area contributed by atoms with Crippen LogP contribution in [0.2, 0.25) is 0 Å². The Balaban J connectivity index is 1.21. The third-order valence-corrected chi connectivity index (χ3v) is 6.19. The van der Waals surface area contributed by atoms with Crippen LogP contribution in [0.4, 0.5) is 0 Å². The average Bonchev–Trinajstić information content (AvgIpc) is 3.28. The predicted octanol–water partition coefficient (Wildman–Crippen LogP) is 1.73. The maximum Gasteiger partial charge on any atom is 0.229 e. The van der Waals surface area contributed by atoms with E-state index < -0.39 is 0 Å². The van der Waals surface area contributed by atoms with Gasteiger partial charge >= 0.3 is 0 Å². The molecule has 3 aliphatic rings. The Morgan fingerprint density at radius 2 is 2.12 bits per heavy atom. The van der Waals surface area contributed by atoms with Crippen molar-refractivity contribution in [2.45, 2.75) is 32.1 Å². The van der Waals surface area contributed by atoms with Gasteiger partial charge in [-0.1, -0.05) is 12.5 Å². The first-order valence-electron chi connectivity index (χ1n) is 9.03. The molecule has 1 spiro atoms. The molecule has 5 heteroatoms. The fourth-order valence-electron chi connectivity index (χ4n) is 4.17. The predicted molar refractivity (Wildman–Crippen MR) is 90.0 cm³/mol. The smallest absolute Gasteiger partial charge is 0.229 e. The van der Waals surface area contributed by atoms with E-state index in [-0.39, 0.29) is 17.7 Å². The highest BCUT2D eigenvalue weighted by Gasteiger charge is 2.62. The normalized spacial score (nSPS) is 24.2. The van der Waals surface area contributed by atoms with E-state index in [4.69, 9.17) is 0 Å². The molecule has 1 aliphatic heterocycles. The van der Waals surface area contributed by atoms with Gasteiger partial charge in [0.1, 0.15) is 0 Å². The molecule has 0 bridgehead atoms. The summed E-state index contributed by atoms with van der Waals surface area (Å²) in [6.45, 7) is 1.89. The van der Waals surface area contributed by atoms with Crippen LogP contribution < -0.4 is 0 Å². The Morgan fingerprint density at radius 1 is 1.33 bits per heavy atom. The fraction of sp³-hybridized carbons (Fsp3) is 0.632. The number of carbonyl (C=O) groups is 2. The minimum absolute atomic E-state index is 0.0150. The number of likely N-dealkylation sites (N-methyl/N-ethyl adjacent to an activating group) is 1.